The molecule has 3 rings (SSSR count). The van der Waals surface area contributed by atoms with Crippen LogP contribution < -0.4 is 0 Å². The van der Waals surface area contributed by atoms with Gasteiger partial charge in [-0.25, -0.2) is 9.97 Å². The third-order valence-corrected chi connectivity index (χ3v) is 5.81. The molecule has 0 radical (unpaired) electrons. The first-order valence-corrected chi connectivity index (χ1v) is 9.75. The van der Waals surface area contributed by atoms with Gasteiger partial charge in [0.05, 0.1) is 30.5 Å². The molecule has 1 saturated heterocycles. The minimum Gasteiger partial charge on any atom is -0.379 e. The maximum absolute atomic E-state index is 13.0. The minimum absolute atomic E-state index is 0.0570. The van der Waals surface area contributed by atoms with Gasteiger partial charge in [0.25, 0.3) is 5.91 Å². The number of aromatic nitrogens is 2. The van der Waals surface area contributed by atoms with Crippen molar-refractivity contribution in [3.63, 3.8) is 0 Å². The van der Waals surface area contributed by atoms with Gasteiger partial charge in [0.1, 0.15) is 9.88 Å². The summed E-state index contributed by atoms with van der Waals surface area (Å²) >= 11 is 3.06. The predicted molar refractivity (Wildman–Crippen MR) is 95.7 cm³/mol. The Morgan fingerprint density at radius 1 is 1.38 bits per heavy atom. The third-order valence-electron chi connectivity index (χ3n) is 3.98. The van der Waals surface area contributed by atoms with Gasteiger partial charge >= 0.3 is 0 Å². The van der Waals surface area contributed by atoms with Crippen LogP contribution in [-0.2, 0) is 11.3 Å². The third kappa shape index (κ3) is 4.38. The van der Waals surface area contributed by atoms with E-state index in [2.05, 4.69) is 14.9 Å². The van der Waals surface area contributed by atoms with E-state index in [0.717, 1.165) is 53.4 Å². The maximum Gasteiger partial charge on any atom is 0.266 e. The Kier molecular flexibility index (Phi) is 5.94. The van der Waals surface area contributed by atoms with Crippen LogP contribution in [0.2, 0.25) is 0 Å². The van der Waals surface area contributed by atoms with E-state index >= 15 is 0 Å². The van der Waals surface area contributed by atoms with Crippen molar-refractivity contribution in [1.82, 2.24) is 19.8 Å². The molecule has 6 nitrogen and oxygen atoms in total. The summed E-state index contributed by atoms with van der Waals surface area (Å²) in [5.74, 6) is 0.0570. The van der Waals surface area contributed by atoms with Gasteiger partial charge in [-0.15, -0.1) is 22.7 Å². The number of morpholine rings is 1. The van der Waals surface area contributed by atoms with Gasteiger partial charge in [0.2, 0.25) is 0 Å². The molecule has 0 aromatic carbocycles. The number of ether oxygens (including phenoxy) is 1. The van der Waals surface area contributed by atoms with E-state index in [1.807, 2.05) is 24.1 Å². The topological polar surface area (TPSA) is 58.6 Å². The lowest BCUT2D eigenvalue weighted by Gasteiger charge is -2.29. The molecule has 0 atom stereocenters. The van der Waals surface area contributed by atoms with Crippen molar-refractivity contribution in [3.05, 3.63) is 32.2 Å². The van der Waals surface area contributed by atoms with E-state index in [9.17, 15) is 4.79 Å². The molecular formula is C16H22N4O2S2. The average Bonchev–Trinajstić information content (AvgIpc) is 3.21. The van der Waals surface area contributed by atoms with Crippen molar-refractivity contribution in [2.45, 2.75) is 20.4 Å². The molecule has 130 valence electrons. The molecule has 24 heavy (non-hydrogen) atoms. The molecule has 1 fully saturated rings. The first-order chi connectivity index (χ1) is 11.6. The summed E-state index contributed by atoms with van der Waals surface area (Å²) in [6.07, 6.45) is 1.78. The molecule has 1 amide bonds. The maximum atomic E-state index is 13.0. The molecule has 0 N–H and O–H groups in total. The highest BCUT2D eigenvalue weighted by molar-refractivity contribution is 7.13. The number of hydrogen-bond donors (Lipinski definition) is 0. The standard InChI is InChI=1S/C16H22N4O2S2/c1-12-15(24-13(2)18-12)16(21)20(11-14-17-3-10-23-14)5-4-19-6-8-22-9-7-19/h3,10H,4-9,11H2,1-2H3. The zero-order chi connectivity index (χ0) is 16.9. The zero-order valence-corrected chi connectivity index (χ0v) is 15.7. The number of amides is 1. The van der Waals surface area contributed by atoms with Crippen LogP contribution in [0.1, 0.15) is 25.4 Å². The van der Waals surface area contributed by atoms with Gasteiger partial charge in [0, 0.05) is 37.8 Å². The molecule has 2 aromatic rings. The monoisotopic (exact) mass is 366 g/mol. The average molecular weight is 367 g/mol. The van der Waals surface area contributed by atoms with Gasteiger partial charge in [-0.3, -0.25) is 9.69 Å². The highest BCUT2D eigenvalue weighted by Gasteiger charge is 2.23. The summed E-state index contributed by atoms with van der Waals surface area (Å²) in [7, 11) is 0. The van der Waals surface area contributed by atoms with Crippen LogP contribution in [0.25, 0.3) is 0 Å². The fourth-order valence-corrected chi connectivity index (χ4v) is 4.23. The SMILES string of the molecule is Cc1nc(C)c(C(=O)N(CCN2CCOCC2)Cc2nccs2)s1. The van der Waals surface area contributed by atoms with Crippen LogP contribution in [0.5, 0.6) is 0 Å². The number of aryl methyl sites for hydroxylation is 2. The number of thiazole rings is 2. The van der Waals surface area contributed by atoms with E-state index in [-0.39, 0.29) is 5.91 Å². The first-order valence-electron chi connectivity index (χ1n) is 8.05. The zero-order valence-electron chi connectivity index (χ0n) is 14.0. The normalized spacial score (nSPS) is 15.6. The molecule has 0 aliphatic carbocycles. The molecule has 0 bridgehead atoms. The van der Waals surface area contributed by atoms with Crippen LogP contribution in [0, 0.1) is 13.8 Å². The Labute approximate surface area is 150 Å². The highest BCUT2D eigenvalue weighted by atomic mass is 32.1. The Bertz CT molecular complexity index is 666. The molecule has 0 spiro atoms. The summed E-state index contributed by atoms with van der Waals surface area (Å²) in [5.41, 5.74) is 0.818. The molecule has 1 aliphatic heterocycles. The molecular weight excluding hydrogens is 344 g/mol. The van der Waals surface area contributed by atoms with E-state index in [1.165, 1.54) is 11.3 Å². The smallest absolute Gasteiger partial charge is 0.266 e. The Morgan fingerprint density at radius 3 is 2.79 bits per heavy atom. The Hall–Kier alpha value is -1.35. The van der Waals surface area contributed by atoms with Crippen molar-refractivity contribution < 1.29 is 9.53 Å². The largest absolute Gasteiger partial charge is 0.379 e. The quantitative estimate of drug-likeness (QED) is 0.784. The van der Waals surface area contributed by atoms with Crippen molar-refractivity contribution in [3.8, 4) is 0 Å². The second-order valence-corrected chi connectivity index (χ2v) is 7.94. The number of nitrogens with zero attached hydrogens (tertiary/aromatic N) is 4. The van der Waals surface area contributed by atoms with E-state index in [4.69, 9.17) is 4.74 Å². The summed E-state index contributed by atoms with van der Waals surface area (Å²) in [6.45, 7) is 9.34. The fraction of sp³-hybridized carbons (Fsp3) is 0.562. The summed E-state index contributed by atoms with van der Waals surface area (Å²) in [5, 5.41) is 3.84. The van der Waals surface area contributed by atoms with Crippen LogP contribution in [-0.4, -0.2) is 65.1 Å². The van der Waals surface area contributed by atoms with Gasteiger partial charge in [-0.2, -0.15) is 0 Å². The fourth-order valence-electron chi connectivity index (χ4n) is 2.71. The number of carbonyl (C=O) groups excluding carboxylic acids is 1. The molecule has 8 heteroatoms. The Balaban J connectivity index is 1.70. The van der Waals surface area contributed by atoms with Crippen molar-refractivity contribution in [1.29, 1.82) is 0 Å². The second kappa shape index (κ2) is 8.15. The molecule has 1 aliphatic rings. The lowest BCUT2D eigenvalue weighted by atomic mass is 10.3. The summed E-state index contributed by atoms with van der Waals surface area (Å²) in [6, 6.07) is 0. The second-order valence-electron chi connectivity index (χ2n) is 5.75. The first kappa shape index (κ1) is 17.5. The molecule has 2 aromatic heterocycles. The number of hydrogen-bond acceptors (Lipinski definition) is 7. The van der Waals surface area contributed by atoms with Crippen LogP contribution in [0.4, 0.5) is 0 Å². The van der Waals surface area contributed by atoms with Gasteiger partial charge in [-0.05, 0) is 13.8 Å². The predicted octanol–water partition coefficient (Wildman–Crippen LogP) is 2.19. The van der Waals surface area contributed by atoms with Gasteiger partial charge in [0.15, 0.2) is 0 Å². The van der Waals surface area contributed by atoms with Crippen LogP contribution >= 0.6 is 22.7 Å². The highest BCUT2D eigenvalue weighted by Crippen LogP contribution is 2.21. The molecule has 3 heterocycles. The Morgan fingerprint density at radius 2 is 2.17 bits per heavy atom. The van der Waals surface area contributed by atoms with Crippen molar-refractivity contribution >= 4 is 28.6 Å². The minimum atomic E-state index is 0.0570. The van der Waals surface area contributed by atoms with E-state index in [0.29, 0.717) is 13.1 Å². The molecule has 0 saturated carbocycles. The molecule has 0 unspecified atom stereocenters. The van der Waals surface area contributed by atoms with E-state index in [1.54, 1.807) is 17.5 Å². The summed E-state index contributed by atoms with van der Waals surface area (Å²) < 4.78 is 5.39. The lowest BCUT2D eigenvalue weighted by Crippen LogP contribution is -2.42. The van der Waals surface area contributed by atoms with Crippen LogP contribution in [0.15, 0.2) is 11.6 Å². The lowest BCUT2D eigenvalue weighted by molar-refractivity contribution is 0.0321. The number of rotatable bonds is 6. The van der Waals surface area contributed by atoms with Crippen molar-refractivity contribution in [2.75, 3.05) is 39.4 Å². The van der Waals surface area contributed by atoms with Gasteiger partial charge in [-0.1, -0.05) is 0 Å². The van der Waals surface area contributed by atoms with E-state index < -0.39 is 0 Å². The van der Waals surface area contributed by atoms with Crippen molar-refractivity contribution in [2.24, 2.45) is 0 Å². The van der Waals surface area contributed by atoms with Gasteiger partial charge < -0.3 is 9.64 Å². The summed E-state index contributed by atoms with van der Waals surface area (Å²) in [4.78, 5) is 26.7. The van der Waals surface area contributed by atoms with Crippen LogP contribution in [0.3, 0.4) is 0 Å². The number of carbonyl (C=O) groups is 1.